The van der Waals surface area contributed by atoms with Crippen molar-refractivity contribution in [1.82, 2.24) is 20.1 Å². The number of rotatable bonds is 5. The van der Waals surface area contributed by atoms with Gasteiger partial charge in [-0.2, -0.15) is 4.98 Å². The first-order chi connectivity index (χ1) is 12.1. The molecule has 0 aromatic carbocycles. The Bertz CT molecular complexity index is 719. The molecule has 8 heteroatoms. The Balaban J connectivity index is 1.48. The maximum atomic E-state index is 5.31. The molecule has 0 radical (unpaired) electrons. The fourth-order valence-corrected chi connectivity index (χ4v) is 3.50. The van der Waals surface area contributed by atoms with Crippen molar-refractivity contribution >= 4 is 17.7 Å². The van der Waals surface area contributed by atoms with Crippen LogP contribution >= 0.6 is 0 Å². The lowest BCUT2D eigenvalue weighted by atomic mass is 10.0. The molecule has 0 unspecified atom stereocenters. The van der Waals surface area contributed by atoms with Crippen LogP contribution in [0.2, 0.25) is 0 Å². The molecule has 1 saturated carbocycles. The standard InChI is InChI=1S/C17H25N7O/c1-12-20-17(25-21-12)23-8-6-14(7-9-23)24(13-4-5-13)16-10-15(22(2)3)18-11-19-16/h10-11,13-14H,4-9H2,1-3H3. The highest BCUT2D eigenvalue weighted by Gasteiger charge is 2.37. The second-order valence-corrected chi connectivity index (χ2v) is 7.11. The molecule has 134 valence electrons. The summed E-state index contributed by atoms with van der Waals surface area (Å²) >= 11 is 0. The molecule has 4 rings (SSSR count). The van der Waals surface area contributed by atoms with Gasteiger partial charge in [0, 0.05) is 45.3 Å². The molecule has 3 heterocycles. The second kappa shape index (κ2) is 6.50. The lowest BCUT2D eigenvalue weighted by Gasteiger charge is -2.39. The first-order valence-corrected chi connectivity index (χ1v) is 8.95. The Morgan fingerprint density at radius 2 is 1.72 bits per heavy atom. The van der Waals surface area contributed by atoms with Crippen LogP contribution in [0.1, 0.15) is 31.5 Å². The summed E-state index contributed by atoms with van der Waals surface area (Å²) in [7, 11) is 4.02. The fourth-order valence-electron chi connectivity index (χ4n) is 3.50. The summed E-state index contributed by atoms with van der Waals surface area (Å²) in [4.78, 5) is 20.0. The normalized spacial score (nSPS) is 18.4. The van der Waals surface area contributed by atoms with Crippen LogP contribution in [0.25, 0.3) is 0 Å². The van der Waals surface area contributed by atoms with Gasteiger partial charge in [-0.05, 0) is 32.6 Å². The minimum absolute atomic E-state index is 0.498. The van der Waals surface area contributed by atoms with Crippen molar-refractivity contribution in [3.8, 4) is 0 Å². The Morgan fingerprint density at radius 1 is 1.04 bits per heavy atom. The molecule has 1 saturated heterocycles. The first kappa shape index (κ1) is 16.1. The molecule has 2 aromatic rings. The Hall–Kier alpha value is -2.38. The van der Waals surface area contributed by atoms with Gasteiger partial charge in [0.05, 0.1) is 0 Å². The van der Waals surface area contributed by atoms with E-state index in [0.29, 0.717) is 23.9 Å². The second-order valence-electron chi connectivity index (χ2n) is 7.11. The zero-order valence-corrected chi connectivity index (χ0v) is 15.1. The third-order valence-electron chi connectivity index (χ3n) is 4.95. The first-order valence-electron chi connectivity index (χ1n) is 8.95. The van der Waals surface area contributed by atoms with Crippen molar-refractivity contribution in [3.05, 3.63) is 18.2 Å². The SMILES string of the molecule is Cc1noc(N2CCC(N(c3cc(N(C)C)ncn3)C3CC3)CC2)n1. The number of aromatic nitrogens is 4. The minimum Gasteiger partial charge on any atom is -0.363 e. The maximum Gasteiger partial charge on any atom is 0.324 e. The topological polar surface area (TPSA) is 74.4 Å². The number of anilines is 3. The van der Waals surface area contributed by atoms with Gasteiger partial charge in [0.25, 0.3) is 0 Å². The summed E-state index contributed by atoms with van der Waals surface area (Å²) in [6.07, 6.45) is 6.32. The number of aryl methyl sites for hydroxylation is 1. The van der Waals surface area contributed by atoms with E-state index in [2.05, 4.69) is 36.0 Å². The van der Waals surface area contributed by atoms with E-state index in [1.54, 1.807) is 6.33 Å². The van der Waals surface area contributed by atoms with Gasteiger partial charge in [-0.15, -0.1) is 0 Å². The molecule has 0 amide bonds. The van der Waals surface area contributed by atoms with Crippen LogP contribution < -0.4 is 14.7 Å². The third-order valence-corrected chi connectivity index (χ3v) is 4.95. The van der Waals surface area contributed by atoms with Crippen LogP contribution in [-0.4, -0.2) is 59.4 Å². The van der Waals surface area contributed by atoms with Crippen LogP contribution in [0, 0.1) is 6.92 Å². The minimum atomic E-state index is 0.498. The lowest BCUT2D eigenvalue weighted by Crippen LogP contribution is -2.46. The van der Waals surface area contributed by atoms with Crippen molar-refractivity contribution in [2.45, 2.75) is 44.7 Å². The molecular formula is C17H25N7O. The van der Waals surface area contributed by atoms with Crippen LogP contribution in [0.3, 0.4) is 0 Å². The van der Waals surface area contributed by atoms with Gasteiger partial charge in [0.2, 0.25) is 0 Å². The van der Waals surface area contributed by atoms with E-state index < -0.39 is 0 Å². The van der Waals surface area contributed by atoms with Gasteiger partial charge in [-0.1, -0.05) is 5.16 Å². The molecule has 0 spiro atoms. The molecule has 2 aromatic heterocycles. The monoisotopic (exact) mass is 343 g/mol. The highest BCUT2D eigenvalue weighted by molar-refractivity contribution is 5.51. The summed E-state index contributed by atoms with van der Waals surface area (Å²) < 4.78 is 5.31. The average molecular weight is 343 g/mol. The number of piperidine rings is 1. The van der Waals surface area contributed by atoms with Gasteiger partial charge < -0.3 is 19.2 Å². The summed E-state index contributed by atoms with van der Waals surface area (Å²) in [5.41, 5.74) is 0. The summed E-state index contributed by atoms with van der Waals surface area (Å²) in [5, 5.41) is 3.90. The smallest absolute Gasteiger partial charge is 0.324 e. The molecule has 0 bridgehead atoms. The zero-order chi connectivity index (χ0) is 17.4. The van der Waals surface area contributed by atoms with Crippen molar-refractivity contribution in [1.29, 1.82) is 0 Å². The Kier molecular flexibility index (Phi) is 4.19. The maximum absolute atomic E-state index is 5.31. The van der Waals surface area contributed by atoms with E-state index in [4.69, 9.17) is 4.52 Å². The molecule has 2 fully saturated rings. The van der Waals surface area contributed by atoms with Gasteiger partial charge in [-0.3, -0.25) is 0 Å². The number of nitrogens with zero attached hydrogens (tertiary/aromatic N) is 7. The van der Waals surface area contributed by atoms with Crippen LogP contribution in [0.15, 0.2) is 16.9 Å². The average Bonchev–Trinajstić information content (AvgIpc) is 3.36. The summed E-state index contributed by atoms with van der Waals surface area (Å²) in [6, 6.07) is 3.86. The van der Waals surface area contributed by atoms with Crippen molar-refractivity contribution in [3.63, 3.8) is 0 Å². The van der Waals surface area contributed by atoms with E-state index in [9.17, 15) is 0 Å². The molecular weight excluding hydrogens is 318 g/mol. The quantitative estimate of drug-likeness (QED) is 0.814. The summed E-state index contributed by atoms with van der Waals surface area (Å²) in [5.74, 6) is 2.69. The van der Waals surface area contributed by atoms with E-state index >= 15 is 0 Å². The summed E-state index contributed by atoms with van der Waals surface area (Å²) in [6.45, 7) is 3.72. The molecule has 25 heavy (non-hydrogen) atoms. The highest BCUT2D eigenvalue weighted by Crippen LogP contribution is 2.36. The highest BCUT2D eigenvalue weighted by atomic mass is 16.5. The third kappa shape index (κ3) is 3.38. The predicted molar refractivity (Wildman–Crippen MR) is 96.1 cm³/mol. The Labute approximate surface area is 147 Å². The predicted octanol–water partition coefficient (Wildman–Crippen LogP) is 1.87. The van der Waals surface area contributed by atoms with Crippen LogP contribution in [0.5, 0.6) is 0 Å². The fraction of sp³-hybridized carbons (Fsp3) is 0.647. The molecule has 2 aliphatic rings. The van der Waals surface area contributed by atoms with Crippen LogP contribution in [-0.2, 0) is 0 Å². The molecule has 1 aliphatic carbocycles. The van der Waals surface area contributed by atoms with Crippen molar-refractivity contribution in [2.24, 2.45) is 0 Å². The van der Waals surface area contributed by atoms with Gasteiger partial charge in [0.1, 0.15) is 18.0 Å². The number of hydrogen-bond donors (Lipinski definition) is 0. The largest absolute Gasteiger partial charge is 0.363 e. The van der Waals surface area contributed by atoms with E-state index in [-0.39, 0.29) is 0 Å². The van der Waals surface area contributed by atoms with Gasteiger partial charge >= 0.3 is 6.01 Å². The van der Waals surface area contributed by atoms with Gasteiger partial charge in [0.15, 0.2) is 5.82 Å². The Morgan fingerprint density at radius 3 is 2.32 bits per heavy atom. The molecule has 8 nitrogen and oxygen atoms in total. The van der Waals surface area contributed by atoms with Crippen LogP contribution in [0.4, 0.5) is 17.7 Å². The van der Waals surface area contributed by atoms with Crippen molar-refractivity contribution in [2.75, 3.05) is 41.9 Å². The van der Waals surface area contributed by atoms with E-state index in [0.717, 1.165) is 37.6 Å². The van der Waals surface area contributed by atoms with Gasteiger partial charge in [-0.25, -0.2) is 9.97 Å². The zero-order valence-electron chi connectivity index (χ0n) is 15.1. The molecule has 1 aliphatic heterocycles. The van der Waals surface area contributed by atoms with Crippen molar-refractivity contribution < 1.29 is 4.52 Å². The number of hydrogen-bond acceptors (Lipinski definition) is 8. The molecule has 0 atom stereocenters. The van der Waals surface area contributed by atoms with E-state index in [1.807, 2.05) is 25.9 Å². The molecule has 0 N–H and O–H groups in total. The lowest BCUT2D eigenvalue weighted by molar-refractivity contribution is 0.384. The van der Waals surface area contributed by atoms with E-state index in [1.165, 1.54) is 12.8 Å².